The lowest BCUT2D eigenvalue weighted by molar-refractivity contribution is -0.123. The van der Waals surface area contributed by atoms with Crippen molar-refractivity contribution in [3.63, 3.8) is 0 Å². The molecule has 0 fully saturated rings. The lowest BCUT2D eigenvalue weighted by Gasteiger charge is -2.23. The standard InChI is InChI=1S/C12H25NO2S/c1-9(2)10(3)6-11(14)13-7-12(4,15)8-16-5/h9-10,15H,6-8H2,1-5H3,(H,13,14). The van der Waals surface area contributed by atoms with Crippen LogP contribution >= 0.6 is 11.8 Å². The minimum atomic E-state index is -0.809. The van der Waals surface area contributed by atoms with Gasteiger partial charge < -0.3 is 10.4 Å². The molecule has 3 nitrogen and oxygen atoms in total. The van der Waals surface area contributed by atoms with Gasteiger partial charge in [0.15, 0.2) is 0 Å². The molecule has 16 heavy (non-hydrogen) atoms. The fourth-order valence-electron chi connectivity index (χ4n) is 1.25. The van der Waals surface area contributed by atoms with Crippen molar-refractivity contribution in [3.8, 4) is 0 Å². The molecule has 0 aliphatic heterocycles. The maximum Gasteiger partial charge on any atom is 0.220 e. The van der Waals surface area contributed by atoms with Gasteiger partial charge in [0.05, 0.1) is 5.60 Å². The summed E-state index contributed by atoms with van der Waals surface area (Å²) >= 11 is 1.58. The van der Waals surface area contributed by atoms with Crippen molar-refractivity contribution < 1.29 is 9.90 Å². The number of hydrogen-bond donors (Lipinski definition) is 2. The van der Waals surface area contributed by atoms with E-state index in [2.05, 4.69) is 26.1 Å². The van der Waals surface area contributed by atoms with Crippen LogP contribution in [-0.4, -0.2) is 35.2 Å². The van der Waals surface area contributed by atoms with Crippen LogP contribution in [0.3, 0.4) is 0 Å². The van der Waals surface area contributed by atoms with E-state index in [1.807, 2.05) is 6.26 Å². The fraction of sp³-hybridized carbons (Fsp3) is 0.917. The van der Waals surface area contributed by atoms with Crippen LogP contribution in [0.1, 0.15) is 34.1 Å². The second-order valence-corrected chi connectivity index (χ2v) is 6.00. The number of amides is 1. The summed E-state index contributed by atoms with van der Waals surface area (Å²) in [6, 6.07) is 0. The number of carbonyl (C=O) groups excluding carboxylic acids is 1. The first-order valence-corrected chi connectivity index (χ1v) is 7.16. The number of nitrogens with one attached hydrogen (secondary N) is 1. The van der Waals surface area contributed by atoms with Crippen LogP contribution in [0.25, 0.3) is 0 Å². The van der Waals surface area contributed by atoms with Crippen LogP contribution in [0, 0.1) is 11.8 Å². The average molecular weight is 247 g/mol. The van der Waals surface area contributed by atoms with Crippen LogP contribution in [0.15, 0.2) is 0 Å². The number of carbonyl (C=O) groups is 1. The summed E-state index contributed by atoms with van der Waals surface area (Å²) in [5.41, 5.74) is -0.809. The van der Waals surface area contributed by atoms with Crippen molar-refractivity contribution in [1.82, 2.24) is 5.32 Å². The number of thioether (sulfide) groups is 1. The maximum absolute atomic E-state index is 11.6. The Morgan fingerprint density at radius 3 is 2.44 bits per heavy atom. The molecule has 0 rings (SSSR count). The lowest BCUT2D eigenvalue weighted by Crippen LogP contribution is -2.42. The molecular weight excluding hydrogens is 222 g/mol. The Kier molecular flexibility index (Phi) is 7.07. The van der Waals surface area contributed by atoms with Crippen molar-refractivity contribution in [3.05, 3.63) is 0 Å². The third-order valence-corrected chi connectivity index (χ3v) is 3.68. The Balaban J connectivity index is 3.89. The monoisotopic (exact) mass is 247 g/mol. The van der Waals surface area contributed by atoms with Gasteiger partial charge in [0.25, 0.3) is 0 Å². The average Bonchev–Trinajstić information content (AvgIpc) is 2.14. The van der Waals surface area contributed by atoms with Crippen molar-refractivity contribution in [2.24, 2.45) is 11.8 Å². The summed E-state index contributed by atoms with van der Waals surface area (Å²) in [7, 11) is 0. The van der Waals surface area contributed by atoms with Gasteiger partial charge in [-0.05, 0) is 25.0 Å². The summed E-state index contributed by atoms with van der Waals surface area (Å²) < 4.78 is 0. The van der Waals surface area contributed by atoms with E-state index in [4.69, 9.17) is 0 Å². The molecule has 0 heterocycles. The topological polar surface area (TPSA) is 49.3 Å². The molecule has 0 spiro atoms. The molecule has 0 aromatic heterocycles. The third-order valence-electron chi connectivity index (χ3n) is 2.77. The molecule has 0 saturated carbocycles. The Morgan fingerprint density at radius 2 is 2.00 bits per heavy atom. The van der Waals surface area contributed by atoms with E-state index in [0.29, 0.717) is 30.6 Å². The highest BCUT2D eigenvalue weighted by atomic mass is 32.2. The molecule has 0 saturated heterocycles. The smallest absolute Gasteiger partial charge is 0.220 e. The van der Waals surface area contributed by atoms with Crippen LogP contribution in [0.4, 0.5) is 0 Å². The molecule has 2 unspecified atom stereocenters. The van der Waals surface area contributed by atoms with E-state index in [-0.39, 0.29) is 5.91 Å². The molecule has 0 aromatic rings. The van der Waals surface area contributed by atoms with E-state index in [1.165, 1.54) is 0 Å². The van der Waals surface area contributed by atoms with E-state index in [9.17, 15) is 9.90 Å². The molecule has 4 heteroatoms. The van der Waals surface area contributed by atoms with E-state index < -0.39 is 5.60 Å². The third kappa shape index (κ3) is 7.12. The highest BCUT2D eigenvalue weighted by Crippen LogP contribution is 2.14. The van der Waals surface area contributed by atoms with Crippen molar-refractivity contribution in [2.75, 3.05) is 18.6 Å². The normalized spacial score (nSPS) is 16.9. The van der Waals surface area contributed by atoms with Gasteiger partial charge in [-0.3, -0.25) is 4.79 Å². The minimum absolute atomic E-state index is 0.0302. The van der Waals surface area contributed by atoms with Gasteiger partial charge in [-0.25, -0.2) is 0 Å². The second kappa shape index (κ2) is 7.17. The van der Waals surface area contributed by atoms with Gasteiger partial charge in [-0.15, -0.1) is 0 Å². The highest BCUT2D eigenvalue weighted by Gasteiger charge is 2.21. The molecule has 2 N–H and O–H groups in total. The molecule has 2 atom stereocenters. The van der Waals surface area contributed by atoms with E-state index in [1.54, 1.807) is 18.7 Å². The Labute approximate surface area is 103 Å². The van der Waals surface area contributed by atoms with E-state index in [0.717, 1.165) is 0 Å². The van der Waals surface area contributed by atoms with Crippen molar-refractivity contribution in [2.45, 2.75) is 39.7 Å². The predicted molar refractivity (Wildman–Crippen MR) is 70.6 cm³/mol. The highest BCUT2D eigenvalue weighted by molar-refractivity contribution is 7.98. The summed E-state index contributed by atoms with van der Waals surface area (Å²) in [6.07, 6.45) is 2.48. The largest absolute Gasteiger partial charge is 0.387 e. The quantitative estimate of drug-likeness (QED) is 0.722. The number of aliphatic hydroxyl groups is 1. The Morgan fingerprint density at radius 1 is 1.44 bits per heavy atom. The Hall–Kier alpha value is -0.220. The Bertz CT molecular complexity index is 217. The van der Waals surface area contributed by atoms with Crippen LogP contribution < -0.4 is 5.32 Å². The summed E-state index contributed by atoms with van der Waals surface area (Å²) in [5.74, 6) is 1.55. The van der Waals surface area contributed by atoms with Gasteiger partial charge in [0.2, 0.25) is 5.91 Å². The van der Waals surface area contributed by atoms with Gasteiger partial charge >= 0.3 is 0 Å². The molecular formula is C12H25NO2S. The molecule has 0 radical (unpaired) electrons. The zero-order valence-corrected chi connectivity index (χ0v) is 11.9. The molecule has 96 valence electrons. The summed E-state index contributed by atoms with van der Waals surface area (Å²) in [5, 5.41) is 12.7. The second-order valence-electron chi connectivity index (χ2n) is 5.13. The first-order chi connectivity index (χ1) is 7.28. The lowest BCUT2D eigenvalue weighted by atomic mass is 9.94. The van der Waals surface area contributed by atoms with Crippen molar-refractivity contribution >= 4 is 17.7 Å². The van der Waals surface area contributed by atoms with Gasteiger partial charge in [-0.2, -0.15) is 11.8 Å². The fourth-order valence-corrected chi connectivity index (χ4v) is 1.98. The zero-order valence-electron chi connectivity index (χ0n) is 11.0. The van der Waals surface area contributed by atoms with Crippen LogP contribution in [-0.2, 0) is 4.79 Å². The van der Waals surface area contributed by atoms with Gasteiger partial charge in [0, 0.05) is 18.7 Å². The molecule has 1 amide bonds. The minimum Gasteiger partial charge on any atom is -0.387 e. The molecule has 0 aliphatic carbocycles. The first-order valence-electron chi connectivity index (χ1n) is 5.76. The number of hydrogen-bond acceptors (Lipinski definition) is 3. The SMILES string of the molecule is CSCC(C)(O)CNC(=O)CC(C)C(C)C. The molecule has 0 aromatic carbocycles. The zero-order chi connectivity index (χ0) is 12.8. The molecule has 0 aliphatic rings. The molecule has 0 bridgehead atoms. The predicted octanol–water partition coefficient (Wildman–Crippen LogP) is 1.90. The van der Waals surface area contributed by atoms with Gasteiger partial charge in [-0.1, -0.05) is 20.8 Å². The van der Waals surface area contributed by atoms with Crippen molar-refractivity contribution in [1.29, 1.82) is 0 Å². The summed E-state index contributed by atoms with van der Waals surface area (Å²) in [4.78, 5) is 11.6. The summed E-state index contributed by atoms with van der Waals surface area (Å²) in [6.45, 7) is 8.38. The van der Waals surface area contributed by atoms with Crippen LogP contribution in [0.2, 0.25) is 0 Å². The van der Waals surface area contributed by atoms with E-state index >= 15 is 0 Å². The first kappa shape index (κ1) is 15.8. The van der Waals surface area contributed by atoms with Crippen LogP contribution in [0.5, 0.6) is 0 Å². The maximum atomic E-state index is 11.6. The number of rotatable bonds is 7. The van der Waals surface area contributed by atoms with Gasteiger partial charge in [0.1, 0.15) is 0 Å².